The van der Waals surface area contributed by atoms with E-state index in [9.17, 15) is 14.0 Å². The summed E-state index contributed by atoms with van der Waals surface area (Å²) in [4.78, 5) is 27.0. The highest BCUT2D eigenvalue weighted by atomic mass is 32.1. The number of carbonyl (C=O) groups excluding carboxylic acids is 2. The van der Waals surface area contributed by atoms with Crippen LogP contribution in [0.15, 0.2) is 54.2 Å². The van der Waals surface area contributed by atoms with Crippen LogP contribution in [0.5, 0.6) is 5.75 Å². The molecule has 29 heavy (non-hydrogen) atoms. The van der Waals surface area contributed by atoms with Crippen LogP contribution in [0.2, 0.25) is 0 Å². The van der Waals surface area contributed by atoms with Crippen molar-refractivity contribution in [3.8, 4) is 5.75 Å². The van der Waals surface area contributed by atoms with Crippen LogP contribution in [0, 0.1) is 5.82 Å². The molecule has 1 aliphatic rings. The van der Waals surface area contributed by atoms with Crippen molar-refractivity contribution >= 4 is 35.3 Å². The molecule has 8 heteroatoms. The summed E-state index contributed by atoms with van der Waals surface area (Å²) in [6, 6.07) is 13.3. The maximum absolute atomic E-state index is 13.4. The molecule has 3 rings (SSSR count). The topological polar surface area (TPSA) is 59.1 Å². The van der Waals surface area contributed by atoms with E-state index in [1.54, 1.807) is 43.5 Å². The van der Waals surface area contributed by atoms with Crippen LogP contribution in [0.1, 0.15) is 11.1 Å². The molecular weight excluding hydrogens is 395 g/mol. The van der Waals surface area contributed by atoms with E-state index in [0.29, 0.717) is 22.6 Å². The van der Waals surface area contributed by atoms with Crippen LogP contribution in [0.3, 0.4) is 0 Å². The number of amides is 1. The van der Waals surface area contributed by atoms with E-state index in [-0.39, 0.29) is 24.1 Å². The molecule has 0 N–H and O–H groups in total. The third-order valence-corrected chi connectivity index (χ3v) is 4.85. The van der Waals surface area contributed by atoms with Crippen molar-refractivity contribution in [1.82, 2.24) is 9.80 Å². The molecule has 1 aliphatic heterocycles. The van der Waals surface area contributed by atoms with E-state index in [0.717, 1.165) is 0 Å². The summed E-state index contributed by atoms with van der Waals surface area (Å²) < 4.78 is 23.8. The van der Waals surface area contributed by atoms with Gasteiger partial charge in [0, 0.05) is 12.6 Å². The van der Waals surface area contributed by atoms with E-state index in [4.69, 9.17) is 17.0 Å². The van der Waals surface area contributed by atoms with Crippen molar-refractivity contribution in [2.75, 3.05) is 20.7 Å². The monoisotopic (exact) mass is 414 g/mol. The zero-order valence-electron chi connectivity index (χ0n) is 15.9. The second-order valence-corrected chi connectivity index (χ2v) is 6.66. The molecule has 1 fully saturated rings. The summed E-state index contributed by atoms with van der Waals surface area (Å²) in [6.45, 7) is -0.0812. The van der Waals surface area contributed by atoms with Crippen molar-refractivity contribution < 1.29 is 23.5 Å². The lowest BCUT2D eigenvalue weighted by Crippen LogP contribution is -2.36. The number of halogens is 1. The Labute approximate surface area is 173 Å². The molecule has 0 unspecified atom stereocenters. The molecule has 1 amide bonds. The average Bonchev–Trinajstić information content (AvgIpc) is 2.91. The first-order valence-electron chi connectivity index (χ1n) is 8.75. The van der Waals surface area contributed by atoms with E-state index in [1.165, 1.54) is 29.0 Å². The van der Waals surface area contributed by atoms with E-state index in [1.807, 2.05) is 6.07 Å². The van der Waals surface area contributed by atoms with Gasteiger partial charge in [-0.2, -0.15) is 0 Å². The number of carbonyl (C=O) groups is 2. The highest BCUT2D eigenvalue weighted by Crippen LogP contribution is 2.27. The smallest absolute Gasteiger partial charge is 0.325 e. The summed E-state index contributed by atoms with van der Waals surface area (Å²) in [5, 5.41) is 0.213. The van der Waals surface area contributed by atoms with Crippen LogP contribution in [-0.4, -0.2) is 47.5 Å². The Morgan fingerprint density at radius 2 is 1.97 bits per heavy atom. The van der Waals surface area contributed by atoms with Gasteiger partial charge in [0.1, 0.15) is 30.4 Å². The second kappa shape index (κ2) is 8.83. The number of esters is 1. The van der Waals surface area contributed by atoms with E-state index in [2.05, 4.69) is 4.74 Å². The first-order valence-corrected chi connectivity index (χ1v) is 9.16. The molecule has 6 nitrogen and oxygen atoms in total. The molecule has 1 heterocycles. The first kappa shape index (κ1) is 20.5. The zero-order valence-corrected chi connectivity index (χ0v) is 16.7. The molecule has 2 aromatic rings. The number of benzene rings is 2. The predicted molar refractivity (Wildman–Crippen MR) is 109 cm³/mol. The predicted octanol–water partition coefficient (Wildman–Crippen LogP) is 2.98. The van der Waals surface area contributed by atoms with Gasteiger partial charge in [-0.05, 0) is 42.1 Å². The second-order valence-electron chi connectivity index (χ2n) is 6.30. The van der Waals surface area contributed by atoms with Crippen LogP contribution >= 0.6 is 12.2 Å². The van der Waals surface area contributed by atoms with Crippen molar-refractivity contribution in [2.45, 2.75) is 6.61 Å². The van der Waals surface area contributed by atoms with Crippen LogP contribution in [0.4, 0.5) is 4.39 Å². The van der Waals surface area contributed by atoms with Gasteiger partial charge in [-0.3, -0.25) is 14.5 Å². The van der Waals surface area contributed by atoms with Gasteiger partial charge < -0.3 is 14.4 Å². The highest BCUT2D eigenvalue weighted by molar-refractivity contribution is 7.80. The lowest BCUT2D eigenvalue weighted by atomic mass is 10.1. The Kier molecular flexibility index (Phi) is 6.23. The van der Waals surface area contributed by atoms with Gasteiger partial charge in [0.2, 0.25) is 0 Å². The number of ether oxygens (including phenoxy) is 2. The fourth-order valence-corrected chi connectivity index (χ4v) is 3.06. The summed E-state index contributed by atoms with van der Waals surface area (Å²) in [7, 11) is 2.90. The molecular formula is C21H19FN2O4S. The Bertz CT molecular complexity index is 992. The van der Waals surface area contributed by atoms with Crippen LogP contribution < -0.4 is 4.74 Å². The summed E-state index contributed by atoms with van der Waals surface area (Å²) >= 11 is 5.28. The molecule has 0 saturated carbocycles. The molecule has 0 atom stereocenters. The van der Waals surface area contributed by atoms with Gasteiger partial charge in [-0.1, -0.05) is 30.3 Å². The van der Waals surface area contributed by atoms with Crippen molar-refractivity contribution in [1.29, 1.82) is 0 Å². The van der Waals surface area contributed by atoms with Gasteiger partial charge in [0.15, 0.2) is 5.11 Å². The Morgan fingerprint density at radius 3 is 2.69 bits per heavy atom. The number of nitrogens with zero attached hydrogens (tertiary/aromatic N) is 2. The summed E-state index contributed by atoms with van der Waals surface area (Å²) in [5.74, 6) is -0.765. The fraction of sp³-hybridized carbons (Fsp3) is 0.190. The van der Waals surface area contributed by atoms with Crippen molar-refractivity contribution in [2.24, 2.45) is 0 Å². The Morgan fingerprint density at radius 1 is 1.21 bits per heavy atom. The quantitative estimate of drug-likeness (QED) is 0.412. The molecule has 0 radical (unpaired) electrons. The Hall–Kier alpha value is -3.26. The third kappa shape index (κ3) is 4.60. The Balaban J connectivity index is 1.83. The minimum Gasteiger partial charge on any atom is -0.488 e. The zero-order chi connectivity index (χ0) is 21.0. The van der Waals surface area contributed by atoms with E-state index < -0.39 is 11.9 Å². The molecule has 0 aromatic heterocycles. The molecule has 0 spiro atoms. The van der Waals surface area contributed by atoms with Crippen molar-refractivity contribution in [3.63, 3.8) is 0 Å². The SMILES string of the molecule is COC(=O)CN1C(=O)/C(=C/c2ccccc2OCc2cccc(F)c2)N(C)C1=S. The lowest BCUT2D eigenvalue weighted by molar-refractivity contribution is -0.143. The molecule has 150 valence electrons. The standard InChI is InChI=1S/C21H19FN2O4S/c1-23-17(20(26)24(21(23)29)12-19(25)27-2)11-15-7-3-4-9-18(15)28-13-14-6-5-8-16(22)10-14/h3-11H,12-13H2,1-2H3/b17-11-. The maximum atomic E-state index is 13.4. The number of thiocarbonyl (C=S) groups is 1. The van der Waals surface area contributed by atoms with Crippen LogP contribution in [-0.2, 0) is 20.9 Å². The fourth-order valence-electron chi connectivity index (χ4n) is 2.81. The molecule has 2 aromatic carbocycles. The van der Waals surface area contributed by atoms with Gasteiger partial charge in [-0.25, -0.2) is 4.39 Å². The van der Waals surface area contributed by atoms with Gasteiger partial charge in [-0.15, -0.1) is 0 Å². The first-order chi connectivity index (χ1) is 13.9. The van der Waals surface area contributed by atoms with E-state index >= 15 is 0 Å². The van der Waals surface area contributed by atoms with Gasteiger partial charge in [0.05, 0.1) is 7.11 Å². The largest absolute Gasteiger partial charge is 0.488 e. The lowest BCUT2D eigenvalue weighted by Gasteiger charge is -2.14. The summed E-state index contributed by atoms with van der Waals surface area (Å²) in [6.07, 6.45) is 1.65. The number of rotatable bonds is 6. The molecule has 0 bridgehead atoms. The maximum Gasteiger partial charge on any atom is 0.325 e. The number of likely N-dealkylation sites (N-methyl/N-ethyl adjacent to an activating group) is 1. The van der Waals surface area contributed by atoms with Crippen LogP contribution in [0.25, 0.3) is 6.08 Å². The number of hydrogen-bond donors (Lipinski definition) is 0. The number of hydrogen-bond acceptors (Lipinski definition) is 5. The third-order valence-electron chi connectivity index (χ3n) is 4.35. The number of methoxy groups -OCH3 is 1. The highest BCUT2D eigenvalue weighted by Gasteiger charge is 2.37. The molecule has 1 saturated heterocycles. The summed E-state index contributed by atoms with van der Waals surface area (Å²) in [5.41, 5.74) is 1.65. The van der Waals surface area contributed by atoms with Crippen molar-refractivity contribution in [3.05, 3.63) is 71.2 Å². The number of para-hydroxylation sites is 1. The minimum absolute atomic E-state index is 0.175. The molecule has 0 aliphatic carbocycles. The van der Waals surface area contributed by atoms with Gasteiger partial charge in [0.25, 0.3) is 5.91 Å². The van der Waals surface area contributed by atoms with Gasteiger partial charge >= 0.3 is 5.97 Å². The average molecular weight is 414 g/mol. The minimum atomic E-state index is -0.561. The normalized spacial score (nSPS) is 15.2.